The molecule has 1 fully saturated rings. The first kappa shape index (κ1) is 19.6. The molecule has 2 amide bonds. The van der Waals surface area contributed by atoms with Crippen molar-refractivity contribution in [3.8, 4) is 11.3 Å². The molecule has 2 heterocycles. The highest BCUT2D eigenvalue weighted by Crippen LogP contribution is 2.31. The van der Waals surface area contributed by atoms with Gasteiger partial charge in [-0.05, 0) is 44.0 Å². The zero-order valence-electron chi connectivity index (χ0n) is 15.9. The van der Waals surface area contributed by atoms with Crippen molar-refractivity contribution in [1.29, 1.82) is 0 Å². The highest BCUT2D eigenvalue weighted by molar-refractivity contribution is 7.16. The summed E-state index contributed by atoms with van der Waals surface area (Å²) in [5.74, 6) is -0.302. The fourth-order valence-corrected chi connectivity index (χ4v) is 4.51. The van der Waals surface area contributed by atoms with Crippen LogP contribution in [0.15, 0.2) is 54.6 Å². The summed E-state index contributed by atoms with van der Waals surface area (Å²) < 4.78 is 0. The van der Waals surface area contributed by atoms with Gasteiger partial charge in [0.1, 0.15) is 6.04 Å². The first-order valence-corrected chi connectivity index (χ1v) is 10.6. The maximum atomic E-state index is 12.9. The van der Waals surface area contributed by atoms with Crippen LogP contribution >= 0.6 is 22.9 Å². The summed E-state index contributed by atoms with van der Waals surface area (Å²) in [6.45, 7) is 2.55. The van der Waals surface area contributed by atoms with Crippen LogP contribution in [0.3, 0.4) is 0 Å². The number of carbonyl (C=O) groups excluding carboxylic acids is 2. The molecule has 1 aromatic heterocycles. The van der Waals surface area contributed by atoms with Crippen LogP contribution in [0.2, 0.25) is 5.02 Å². The third kappa shape index (κ3) is 4.18. The van der Waals surface area contributed by atoms with E-state index in [0.717, 1.165) is 22.6 Å². The number of likely N-dealkylation sites (tertiary alicyclic amines) is 1. The number of anilines is 1. The molecule has 1 aliphatic heterocycles. The molecule has 148 valence electrons. The number of rotatable bonds is 4. The largest absolute Gasteiger partial charge is 0.327 e. The van der Waals surface area contributed by atoms with Crippen LogP contribution in [0.5, 0.6) is 0 Å². The van der Waals surface area contributed by atoms with E-state index in [1.165, 1.54) is 11.3 Å². The summed E-state index contributed by atoms with van der Waals surface area (Å²) in [4.78, 5) is 33.0. The molecule has 7 heteroatoms. The Bertz CT molecular complexity index is 1030. The zero-order chi connectivity index (χ0) is 20.4. The van der Waals surface area contributed by atoms with Crippen molar-refractivity contribution in [2.24, 2.45) is 0 Å². The minimum absolute atomic E-state index is 0.111. The summed E-state index contributed by atoms with van der Waals surface area (Å²) in [5, 5.41) is 4.12. The van der Waals surface area contributed by atoms with Crippen LogP contribution in [0.25, 0.3) is 11.3 Å². The standard InChI is InChI=1S/C22H20ClN3O2S/c1-14-19(15-9-11-17(23)12-10-15)24-22(29-14)25-20(27)18-8-5-13-26(18)21(28)16-6-3-2-4-7-16/h2-4,6-7,9-12,18H,5,8,13H2,1H3,(H,24,25,27). The Morgan fingerprint density at radius 1 is 1.14 bits per heavy atom. The number of hydrogen-bond acceptors (Lipinski definition) is 4. The second-order valence-electron chi connectivity index (χ2n) is 6.94. The van der Waals surface area contributed by atoms with E-state index in [9.17, 15) is 9.59 Å². The maximum absolute atomic E-state index is 12.9. The minimum atomic E-state index is -0.481. The average molecular weight is 426 g/mol. The molecule has 1 aliphatic rings. The van der Waals surface area contributed by atoms with Gasteiger partial charge < -0.3 is 10.2 Å². The molecule has 2 aromatic carbocycles. The predicted molar refractivity (Wildman–Crippen MR) is 116 cm³/mol. The van der Waals surface area contributed by atoms with E-state index in [1.807, 2.05) is 49.4 Å². The normalized spacial score (nSPS) is 16.1. The Labute approximate surface area is 178 Å². The number of hydrogen-bond donors (Lipinski definition) is 1. The van der Waals surface area contributed by atoms with Gasteiger partial charge in [0, 0.05) is 27.6 Å². The Hall–Kier alpha value is -2.70. The van der Waals surface area contributed by atoms with Gasteiger partial charge in [-0.15, -0.1) is 11.3 Å². The predicted octanol–water partition coefficient (Wildman–Crippen LogP) is 5.02. The lowest BCUT2D eigenvalue weighted by Gasteiger charge is -2.23. The van der Waals surface area contributed by atoms with Crippen LogP contribution in [0, 0.1) is 6.92 Å². The van der Waals surface area contributed by atoms with Gasteiger partial charge in [0.05, 0.1) is 5.69 Å². The van der Waals surface area contributed by atoms with Crippen LogP contribution in [-0.4, -0.2) is 34.3 Å². The van der Waals surface area contributed by atoms with Crippen LogP contribution < -0.4 is 5.32 Å². The summed E-state index contributed by atoms with van der Waals surface area (Å²) in [5.41, 5.74) is 2.37. The van der Waals surface area contributed by atoms with E-state index in [-0.39, 0.29) is 11.8 Å². The van der Waals surface area contributed by atoms with E-state index in [1.54, 1.807) is 17.0 Å². The highest BCUT2D eigenvalue weighted by atomic mass is 35.5. The van der Waals surface area contributed by atoms with Crippen molar-refractivity contribution in [1.82, 2.24) is 9.88 Å². The number of benzene rings is 2. The third-order valence-corrected chi connectivity index (χ3v) is 6.12. The summed E-state index contributed by atoms with van der Waals surface area (Å²) >= 11 is 7.39. The number of nitrogens with zero attached hydrogens (tertiary/aromatic N) is 2. The molecule has 4 rings (SSSR count). The zero-order valence-corrected chi connectivity index (χ0v) is 17.5. The molecular weight excluding hydrogens is 406 g/mol. The fourth-order valence-electron chi connectivity index (χ4n) is 3.54. The Kier molecular flexibility index (Phi) is 5.65. The van der Waals surface area contributed by atoms with E-state index in [4.69, 9.17) is 11.6 Å². The van der Waals surface area contributed by atoms with E-state index >= 15 is 0 Å². The van der Waals surface area contributed by atoms with Gasteiger partial charge in [0.2, 0.25) is 5.91 Å². The molecule has 0 saturated carbocycles. The first-order chi connectivity index (χ1) is 14.0. The number of amides is 2. The number of halogens is 1. The topological polar surface area (TPSA) is 62.3 Å². The van der Waals surface area contributed by atoms with E-state index in [0.29, 0.717) is 28.7 Å². The highest BCUT2D eigenvalue weighted by Gasteiger charge is 2.35. The van der Waals surface area contributed by atoms with Gasteiger partial charge in [-0.25, -0.2) is 4.98 Å². The lowest BCUT2D eigenvalue weighted by atomic mass is 10.1. The number of thiazole rings is 1. The first-order valence-electron chi connectivity index (χ1n) is 9.43. The number of aromatic nitrogens is 1. The summed E-state index contributed by atoms with van der Waals surface area (Å²) in [6, 6.07) is 16.1. The molecule has 0 spiro atoms. The van der Waals surface area contributed by atoms with Crippen molar-refractivity contribution >= 4 is 39.9 Å². The number of nitrogens with one attached hydrogen (secondary N) is 1. The van der Waals surface area contributed by atoms with Gasteiger partial charge in [-0.1, -0.05) is 41.9 Å². The van der Waals surface area contributed by atoms with Crippen molar-refractivity contribution in [2.75, 3.05) is 11.9 Å². The Morgan fingerprint density at radius 3 is 2.59 bits per heavy atom. The molecule has 0 radical (unpaired) electrons. The van der Waals surface area contributed by atoms with Gasteiger partial charge in [0.15, 0.2) is 5.13 Å². The molecule has 0 bridgehead atoms. The Morgan fingerprint density at radius 2 is 1.86 bits per heavy atom. The summed E-state index contributed by atoms with van der Waals surface area (Å²) in [6.07, 6.45) is 1.46. The molecule has 0 aliphatic carbocycles. The molecular formula is C22H20ClN3O2S. The maximum Gasteiger partial charge on any atom is 0.254 e. The van der Waals surface area contributed by atoms with Crippen LogP contribution in [-0.2, 0) is 4.79 Å². The molecule has 1 saturated heterocycles. The lowest BCUT2D eigenvalue weighted by molar-refractivity contribution is -0.119. The second-order valence-corrected chi connectivity index (χ2v) is 8.58. The Balaban J connectivity index is 1.50. The van der Waals surface area contributed by atoms with Crippen molar-refractivity contribution in [2.45, 2.75) is 25.8 Å². The van der Waals surface area contributed by atoms with Crippen molar-refractivity contribution in [3.05, 3.63) is 70.1 Å². The number of carbonyl (C=O) groups is 2. The summed E-state index contributed by atoms with van der Waals surface area (Å²) in [7, 11) is 0. The average Bonchev–Trinajstić information content (AvgIpc) is 3.35. The van der Waals surface area contributed by atoms with Crippen molar-refractivity contribution < 1.29 is 9.59 Å². The lowest BCUT2D eigenvalue weighted by Crippen LogP contribution is -2.43. The van der Waals surface area contributed by atoms with E-state index < -0.39 is 6.04 Å². The fraction of sp³-hybridized carbons (Fsp3) is 0.227. The quantitative estimate of drug-likeness (QED) is 0.638. The molecule has 5 nitrogen and oxygen atoms in total. The monoisotopic (exact) mass is 425 g/mol. The number of aryl methyl sites for hydroxylation is 1. The second kappa shape index (κ2) is 8.35. The molecule has 1 N–H and O–H groups in total. The van der Waals surface area contributed by atoms with E-state index in [2.05, 4.69) is 10.3 Å². The van der Waals surface area contributed by atoms with Gasteiger partial charge in [-0.2, -0.15) is 0 Å². The molecule has 3 aromatic rings. The molecule has 29 heavy (non-hydrogen) atoms. The van der Waals surface area contributed by atoms with Gasteiger partial charge in [-0.3, -0.25) is 9.59 Å². The smallest absolute Gasteiger partial charge is 0.254 e. The van der Waals surface area contributed by atoms with Crippen LogP contribution in [0.4, 0.5) is 5.13 Å². The third-order valence-electron chi connectivity index (χ3n) is 4.98. The molecule has 1 atom stereocenters. The van der Waals surface area contributed by atoms with Gasteiger partial charge >= 0.3 is 0 Å². The molecule has 1 unspecified atom stereocenters. The minimum Gasteiger partial charge on any atom is -0.327 e. The van der Waals surface area contributed by atoms with Gasteiger partial charge in [0.25, 0.3) is 5.91 Å². The van der Waals surface area contributed by atoms with Crippen molar-refractivity contribution in [3.63, 3.8) is 0 Å². The SMILES string of the molecule is Cc1sc(NC(=O)C2CCCN2C(=O)c2ccccc2)nc1-c1ccc(Cl)cc1. The van der Waals surface area contributed by atoms with Crippen LogP contribution in [0.1, 0.15) is 28.1 Å².